The SMILES string of the molecule is COC1(OC(=O)NC2(CN(C)C)CCN(C(C)C)CC2)CC1. The van der Waals surface area contributed by atoms with E-state index < -0.39 is 5.79 Å². The van der Waals surface area contributed by atoms with Crippen molar-refractivity contribution in [2.45, 2.75) is 56.9 Å². The molecule has 1 N–H and O–H groups in total. The number of carbonyl (C=O) groups is 1. The fraction of sp³-hybridized carbons (Fsp3) is 0.938. The first kappa shape index (κ1) is 17.5. The van der Waals surface area contributed by atoms with Gasteiger partial charge in [0.2, 0.25) is 5.79 Å². The van der Waals surface area contributed by atoms with E-state index in [4.69, 9.17) is 9.47 Å². The number of nitrogens with zero attached hydrogens (tertiary/aromatic N) is 2. The lowest BCUT2D eigenvalue weighted by molar-refractivity contribution is -0.108. The molecule has 0 bridgehead atoms. The lowest BCUT2D eigenvalue weighted by Gasteiger charge is -2.44. The van der Waals surface area contributed by atoms with Gasteiger partial charge in [-0.1, -0.05) is 0 Å². The van der Waals surface area contributed by atoms with Gasteiger partial charge < -0.3 is 24.6 Å². The van der Waals surface area contributed by atoms with Crippen LogP contribution in [0.2, 0.25) is 0 Å². The third-order valence-corrected chi connectivity index (χ3v) is 4.78. The predicted octanol–water partition coefficient (Wildman–Crippen LogP) is 1.65. The molecule has 2 aliphatic rings. The third-order valence-electron chi connectivity index (χ3n) is 4.78. The van der Waals surface area contributed by atoms with E-state index in [0.29, 0.717) is 6.04 Å². The maximum atomic E-state index is 12.3. The maximum Gasteiger partial charge on any atom is 0.410 e. The van der Waals surface area contributed by atoms with Gasteiger partial charge in [0.1, 0.15) is 0 Å². The average molecular weight is 313 g/mol. The molecule has 0 atom stereocenters. The number of hydrogen-bond acceptors (Lipinski definition) is 5. The minimum absolute atomic E-state index is 0.213. The third kappa shape index (κ3) is 4.33. The van der Waals surface area contributed by atoms with E-state index in [0.717, 1.165) is 45.3 Å². The molecule has 2 rings (SSSR count). The molecule has 6 heteroatoms. The Balaban J connectivity index is 1.96. The van der Waals surface area contributed by atoms with Crippen molar-refractivity contribution >= 4 is 6.09 Å². The summed E-state index contributed by atoms with van der Waals surface area (Å²) < 4.78 is 10.7. The van der Waals surface area contributed by atoms with Crippen LogP contribution in [0.1, 0.15) is 39.5 Å². The van der Waals surface area contributed by atoms with E-state index in [1.807, 2.05) is 14.1 Å². The van der Waals surface area contributed by atoms with Gasteiger partial charge in [-0.15, -0.1) is 0 Å². The van der Waals surface area contributed by atoms with Crippen LogP contribution in [-0.4, -0.2) is 74.1 Å². The van der Waals surface area contributed by atoms with Crippen molar-refractivity contribution in [2.75, 3.05) is 40.8 Å². The van der Waals surface area contributed by atoms with Crippen LogP contribution in [0.25, 0.3) is 0 Å². The highest BCUT2D eigenvalue weighted by Gasteiger charge is 2.49. The van der Waals surface area contributed by atoms with E-state index in [9.17, 15) is 4.79 Å². The monoisotopic (exact) mass is 313 g/mol. The number of likely N-dealkylation sites (tertiary alicyclic amines) is 1. The van der Waals surface area contributed by atoms with Crippen molar-refractivity contribution in [3.05, 3.63) is 0 Å². The van der Waals surface area contributed by atoms with E-state index in [2.05, 4.69) is 29.0 Å². The maximum absolute atomic E-state index is 12.3. The van der Waals surface area contributed by atoms with Crippen LogP contribution in [0.15, 0.2) is 0 Å². The van der Waals surface area contributed by atoms with Gasteiger partial charge in [0.25, 0.3) is 0 Å². The highest BCUT2D eigenvalue weighted by molar-refractivity contribution is 5.69. The topological polar surface area (TPSA) is 54.0 Å². The van der Waals surface area contributed by atoms with E-state index in [1.165, 1.54) is 0 Å². The average Bonchev–Trinajstić information content (AvgIpc) is 3.18. The van der Waals surface area contributed by atoms with Crippen LogP contribution in [0.3, 0.4) is 0 Å². The Hall–Kier alpha value is -0.850. The van der Waals surface area contributed by atoms with Gasteiger partial charge in [-0.25, -0.2) is 4.79 Å². The first-order valence-corrected chi connectivity index (χ1v) is 8.25. The summed E-state index contributed by atoms with van der Waals surface area (Å²) in [5, 5.41) is 3.14. The van der Waals surface area contributed by atoms with Gasteiger partial charge in [-0.2, -0.15) is 0 Å². The van der Waals surface area contributed by atoms with Crippen LogP contribution in [-0.2, 0) is 9.47 Å². The molecule has 0 aromatic carbocycles. The molecule has 0 spiro atoms. The summed E-state index contributed by atoms with van der Waals surface area (Å²) in [6, 6.07) is 0.549. The Kier molecular flexibility index (Phi) is 5.35. The number of hydrogen-bond donors (Lipinski definition) is 1. The van der Waals surface area contributed by atoms with Gasteiger partial charge in [0.15, 0.2) is 0 Å². The Morgan fingerprint density at radius 1 is 1.23 bits per heavy atom. The number of carbonyl (C=O) groups excluding carboxylic acids is 1. The first-order valence-electron chi connectivity index (χ1n) is 8.25. The van der Waals surface area contributed by atoms with Crippen molar-refractivity contribution in [1.82, 2.24) is 15.1 Å². The van der Waals surface area contributed by atoms with Crippen molar-refractivity contribution in [2.24, 2.45) is 0 Å². The number of rotatable bonds is 6. The molecule has 1 saturated heterocycles. The lowest BCUT2D eigenvalue weighted by atomic mass is 9.86. The predicted molar refractivity (Wildman–Crippen MR) is 85.8 cm³/mol. The summed E-state index contributed by atoms with van der Waals surface area (Å²) >= 11 is 0. The molecule has 128 valence electrons. The minimum atomic E-state index is -0.665. The van der Waals surface area contributed by atoms with Crippen LogP contribution in [0, 0.1) is 0 Å². The molecule has 2 fully saturated rings. The van der Waals surface area contributed by atoms with Gasteiger partial charge in [-0.3, -0.25) is 0 Å². The second kappa shape index (κ2) is 6.72. The molecule has 22 heavy (non-hydrogen) atoms. The van der Waals surface area contributed by atoms with Crippen LogP contribution in [0.5, 0.6) is 0 Å². The van der Waals surface area contributed by atoms with E-state index >= 15 is 0 Å². The number of alkyl carbamates (subject to hydrolysis) is 1. The summed E-state index contributed by atoms with van der Waals surface area (Å²) in [7, 11) is 5.68. The fourth-order valence-electron chi connectivity index (χ4n) is 3.26. The smallest absolute Gasteiger partial charge is 0.410 e. The molecule has 1 heterocycles. The Labute approximate surface area is 134 Å². The van der Waals surface area contributed by atoms with Crippen molar-refractivity contribution < 1.29 is 14.3 Å². The lowest BCUT2D eigenvalue weighted by Crippen LogP contribution is -2.60. The molecule has 1 aliphatic carbocycles. The van der Waals surface area contributed by atoms with Crippen molar-refractivity contribution in [3.63, 3.8) is 0 Å². The van der Waals surface area contributed by atoms with Crippen LogP contribution in [0.4, 0.5) is 4.79 Å². The van der Waals surface area contributed by atoms with Gasteiger partial charge in [0, 0.05) is 45.6 Å². The molecular formula is C16H31N3O3. The summed E-state index contributed by atoms with van der Waals surface area (Å²) in [6.07, 6.45) is 3.12. The number of amides is 1. The second-order valence-electron chi connectivity index (χ2n) is 7.28. The first-order chi connectivity index (χ1) is 10.3. The summed E-state index contributed by atoms with van der Waals surface area (Å²) in [5.74, 6) is -0.665. The molecule has 0 aromatic rings. The van der Waals surface area contributed by atoms with Gasteiger partial charge in [0.05, 0.1) is 5.54 Å². The minimum Gasteiger partial charge on any atom is -0.417 e. The standard InChI is InChI=1S/C16H31N3O3/c1-13(2)19-10-8-15(9-11-19,12-18(3)4)17-14(20)22-16(21-5)6-7-16/h13H,6-12H2,1-5H3,(H,17,20). The number of likely N-dealkylation sites (N-methyl/N-ethyl adjacent to an activating group) is 1. The number of piperidine rings is 1. The summed E-state index contributed by atoms with van der Waals surface area (Å²) in [5.41, 5.74) is -0.213. The zero-order valence-corrected chi connectivity index (χ0v) is 14.6. The van der Waals surface area contributed by atoms with Crippen LogP contribution < -0.4 is 5.32 Å². The summed E-state index contributed by atoms with van der Waals surface area (Å²) in [4.78, 5) is 16.9. The largest absolute Gasteiger partial charge is 0.417 e. The fourth-order valence-corrected chi connectivity index (χ4v) is 3.26. The second-order valence-corrected chi connectivity index (χ2v) is 7.28. The molecule has 6 nitrogen and oxygen atoms in total. The molecule has 1 aliphatic heterocycles. The number of ether oxygens (including phenoxy) is 2. The number of methoxy groups -OCH3 is 1. The molecule has 1 amide bonds. The van der Waals surface area contributed by atoms with Gasteiger partial charge in [-0.05, 0) is 40.8 Å². The Bertz CT molecular complexity index is 386. The highest BCUT2D eigenvalue weighted by Crippen LogP contribution is 2.40. The van der Waals surface area contributed by atoms with Crippen molar-refractivity contribution in [3.8, 4) is 0 Å². The zero-order chi connectivity index (χ0) is 16.4. The Morgan fingerprint density at radius 2 is 1.82 bits per heavy atom. The zero-order valence-electron chi connectivity index (χ0n) is 14.6. The van der Waals surface area contributed by atoms with E-state index in [-0.39, 0.29) is 11.6 Å². The Morgan fingerprint density at radius 3 is 2.23 bits per heavy atom. The molecule has 1 saturated carbocycles. The molecule has 0 aromatic heterocycles. The summed E-state index contributed by atoms with van der Waals surface area (Å²) in [6.45, 7) is 7.27. The quantitative estimate of drug-likeness (QED) is 0.756. The van der Waals surface area contributed by atoms with Crippen molar-refractivity contribution in [1.29, 1.82) is 0 Å². The molecule has 0 unspecified atom stereocenters. The number of nitrogens with one attached hydrogen (secondary N) is 1. The molecule has 0 radical (unpaired) electrons. The van der Waals surface area contributed by atoms with E-state index in [1.54, 1.807) is 7.11 Å². The van der Waals surface area contributed by atoms with Gasteiger partial charge >= 0.3 is 6.09 Å². The van der Waals surface area contributed by atoms with Crippen LogP contribution >= 0.6 is 0 Å². The highest BCUT2D eigenvalue weighted by atomic mass is 16.7. The molecular weight excluding hydrogens is 282 g/mol. The normalized spacial score (nSPS) is 23.6.